The van der Waals surface area contributed by atoms with Crippen LogP contribution in [0.1, 0.15) is 86.1 Å². The van der Waals surface area contributed by atoms with Gasteiger partial charge in [-0.3, -0.25) is 9.59 Å². The van der Waals surface area contributed by atoms with E-state index in [0.717, 1.165) is 29.6 Å². The molecule has 2 N–H and O–H groups in total. The summed E-state index contributed by atoms with van der Waals surface area (Å²) in [6, 6.07) is 8.68. The molecule has 4 nitrogen and oxygen atoms in total. The van der Waals surface area contributed by atoms with Crippen molar-refractivity contribution in [2.24, 2.45) is 5.41 Å². The van der Waals surface area contributed by atoms with E-state index < -0.39 is 17.0 Å². The Morgan fingerprint density at radius 1 is 0.784 bits per heavy atom. The minimum Gasteiger partial charge on any atom is -0.507 e. The van der Waals surface area contributed by atoms with Crippen LogP contribution in [0.25, 0.3) is 5.76 Å². The predicted molar refractivity (Wildman–Crippen MR) is 153 cm³/mol. The normalized spacial score (nSPS) is 19.5. The lowest BCUT2D eigenvalue weighted by Gasteiger charge is -2.35. The summed E-state index contributed by atoms with van der Waals surface area (Å²) in [7, 11) is 0. The first-order valence-corrected chi connectivity index (χ1v) is 13.0. The van der Waals surface area contributed by atoms with Crippen molar-refractivity contribution < 1.29 is 19.8 Å². The minimum atomic E-state index is -1.44. The third kappa shape index (κ3) is 7.55. The van der Waals surface area contributed by atoms with Crippen LogP contribution in [0, 0.1) is 5.41 Å². The van der Waals surface area contributed by atoms with Crippen LogP contribution < -0.4 is 0 Å². The molecule has 4 heteroatoms. The van der Waals surface area contributed by atoms with Gasteiger partial charge in [-0.2, -0.15) is 0 Å². The van der Waals surface area contributed by atoms with Crippen LogP contribution in [-0.2, 0) is 9.59 Å². The lowest BCUT2D eigenvalue weighted by Crippen LogP contribution is -2.45. The number of aliphatic hydroxyl groups excluding tert-OH is 2. The van der Waals surface area contributed by atoms with Gasteiger partial charge < -0.3 is 10.2 Å². The first kappa shape index (κ1) is 29.8. The second kappa shape index (κ2) is 13.2. The molecule has 0 fully saturated rings. The van der Waals surface area contributed by atoms with E-state index in [0.29, 0.717) is 5.56 Å². The highest BCUT2D eigenvalue weighted by Crippen LogP contribution is 2.45. The van der Waals surface area contributed by atoms with Crippen LogP contribution in [-0.4, -0.2) is 21.8 Å². The smallest absolute Gasteiger partial charge is 0.184 e. The van der Waals surface area contributed by atoms with E-state index in [9.17, 15) is 19.8 Å². The average molecular weight is 503 g/mol. The van der Waals surface area contributed by atoms with E-state index in [2.05, 4.69) is 19.9 Å². The Hall–Kier alpha value is -3.40. The zero-order valence-electron chi connectivity index (χ0n) is 23.4. The molecule has 198 valence electrons. The summed E-state index contributed by atoms with van der Waals surface area (Å²) in [4.78, 5) is 28.3. The van der Waals surface area contributed by atoms with Gasteiger partial charge in [0, 0.05) is 11.1 Å². The van der Waals surface area contributed by atoms with Crippen molar-refractivity contribution in [2.45, 2.75) is 80.6 Å². The second-order valence-corrected chi connectivity index (χ2v) is 10.7. The molecular weight excluding hydrogens is 460 g/mol. The molecule has 0 saturated heterocycles. The molecular formula is C33H42O4. The summed E-state index contributed by atoms with van der Waals surface area (Å²) in [6.07, 6.45) is 10.2. The highest BCUT2D eigenvalue weighted by Gasteiger charge is 2.52. The topological polar surface area (TPSA) is 74.6 Å². The van der Waals surface area contributed by atoms with Crippen molar-refractivity contribution in [3.8, 4) is 0 Å². The fourth-order valence-corrected chi connectivity index (χ4v) is 4.32. The maximum atomic E-state index is 14.2. The van der Waals surface area contributed by atoms with E-state index in [-0.39, 0.29) is 42.0 Å². The number of carbonyl (C=O) groups is 2. The van der Waals surface area contributed by atoms with Crippen LogP contribution in [0.3, 0.4) is 0 Å². The molecule has 2 rings (SSSR count). The van der Waals surface area contributed by atoms with Crippen molar-refractivity contribution in [1.29, 1.82) is 0 Å². The zero-order valence-corrected chi connectivity index (χ0v) is 23.4. The first-order valence-electron chi connectivity index (χ1n) is 13.0. The Morgan fingerprint density at radius 3 is 1.92 bits per heavy atom. The van der Waals surface area contributed by atoms with Crippen molar-refractivity contribution in [3.63, 3.8) is 0 Å². The SMILES string of the molecule is CC(C)=CCC/C(C)=C/CC1(CC=C(C)C)C(=O)C(CC=C(C)C)=C(O)/C(=C(\O)c2ccccc2)C1=O. The summed E-state index contributed by atoms with van der Waals surface area (Å²) in [5.74, 6) is -1.65. The van der Waals surface area contributed by atoms with Crippen LogP contribution in [0.4, 0.5) is 0 Å². The van der Waals surface area contributed by atoms with Gasteiger partial charge in [-0.1, -0.05) is 76.9 Å². The maximum absolute atomic E-state index is 14.2. The van der Waals surface area contributed by atoms with E-state index >= 15 is 0 Å². The molecule has 37 heavy (non-hydrogen) atoms. The fourth-order valence-electron chi connectivity index (χ4n) is 4.32. The number of hydrogen-bond acceptors (Lipinski definition) is 4. The number of hydrogen-bond donors (Lipinski definition) is 2. The standard InChI is InChI=1S/C33H42O4/c1-22(2)12-11-13-25(7)19-21-33(20-18-24(5)6)31(36)27(17-16-23(3)4)30(35)28(32(33)37)29(34)26-14-9-8-10-15-26/h8-10,12,14-16,18-19,34-35H,11,13,17,20-21H2,1-7H3/b25-19+,29-28+. The molecule has 1 unspecified atom stereocenters. The Bertz CT molecular complexity index is 1190. The van der Waals surface area contributed by atoms with E-state index in [4.69, 9.17) is 0 Å². The van der Waals surface area contributed by atoms with Gasteiger partial charge >= 0.3 is 0 Å². The molecule has 1 aromatic rings. The monoisotopic (exact) mass is 502 g/mol. The first-order chi connectivity index (χ1) is 17.4. The molecule has 0 amide bonds. The third-order valence-electron chi connectivity index (χ3n) is 6.64. The van der Waals surface area contributed by atoms with Crippen molar-refractivity contribution >= 4 is 17.3 Å². The largest absolute Gasteiger partial charge is 0.507 e. The zero-order chi connectivity index (χ0) is 27.8. The van der Waals surface area contributed by atoms with Gasteiger partial charge in [0.25, 0.3) is 0 Å². The molecule has 0 aliphatic heterocycles. The van der Waals surface area contributed by atoms with Crippen molar-refractivity contribution in [2.75, 3.05) is 0 Å². The van der Waals surface area contributed by atoms with Gasteiger partial charge in [0.1, 0.15) is 22.5 Å². The molecule has 0 saturated carbocycles. The van der Waals surface area contributed by atoms with Crippen molar-refractivity contribution in [3.05, 3.63) is 99.4 Å². The number of allylic oxidation sites excluding steroid dienone is 10. The molecule has 0 radical (unpaired) electrons. The Kier molecular flexibility index (Phi) is 10.7. The van der Waals surface area contributed by atoms with Gasteiger partial charge in [-0.15, -0.1) is 0 Å². The molecule has 0 heterocycles. The number of aliphatic hydroxyl groups is 2. The third-order valence-corrected chi connectivity index (χ3v) is 6.64. The maximum Gasteiger partial charge on any atom is 0.184 e. The number of ketones is 2. The fraction of sp³-hybridized carbons (Fsp3) is 0.394. The second-order valence-electron chi connectivity index (χ2n) is 10.7. The summed E-state index contributed by atoms with van der Waals surface area (Å²) in [6.45, 7) is 13.8. The van der Waals surface area contributed by atoms with Crippen LogP contribution in [0.2, 0.25) is 0 Å². The predicted octanol–water partition coefficient (Wildman–Crippen LogP) is 8.70. The summed E-state index contributed by atoms with van der Waals surface area (Å²) in [5.41, 5.74) is 3.29. The van der Waals surface area contributed by atoms with Crippen molar-refractivity contribution in [1.82, 2.24) is 0 Å². The minimum absolute atomic E-state index is 0.163. The highest BCUT2D eigenvalue weighted by molar-refractivity contribution is 6.26. The molecule has 0 aromatic heterocycles. The van der Waals surface area contributed by atoms with E-state index in [1.54, 1.807) is 24.3 Å². The van der Waals surface area contributed by atoms with E-state index in [1.807, 2.05) is 58.9 Å². The van der Waals surface area contributed by atoms with Gasteiger partial charge in [0.2, 0.25) is 0 Å². The molecule has 0 spiro atoms. The van der Waals surface area contributed by atoms with E-state index in [1.165, 1.54) is 5.57 Å². The summed E-state index contributed by atoms with van der Waals surface area (Å²) in [5, 5.41) is 22.4. The summed E-state index contributed by atoms with van der Waals surface area (Å²) >= 11 is 0. The van der Waals surface area contributed by atoms with Gasteiger partial charge in [0.15, 0.2) is 11.6 Å². The summed E-state index contributed by atoms with van der Waals surface area (Å²) < 4.78 is 0. The number of Topliss-reactive ketones (excluding diaryl/α,β-unsaturated/α-hetero) is 2. The average Bonchev–Trinajstić information content (AvgIpc) is 2.83. The Balaban J connectivity index is 2.75. The molecule has 1 atom stereocenters. The van der Waals surface area contributed by atoms with Gasteiger partial charge in [-0.05, 0) is 80.6 Å². The van der Waals surface area contributed by atoms with Gasteiger partial charge in [-0.25, -0.2) is 0 Å². The van der Waals surface area contributed by atoms with Crippen LogP contribution in [0.5, 0.6) is 0 Å². The molecule has 1 aliphatic rings. The van der Waals surface area contributed by atoms with Crippen LogP contribution in [0.15, 0.2) is 93.8 Å². The van der Waals surface area contributed by atoms with Gasteiger partial charge in [0.05, 0.1) is 0 Å². The molecule has 1 aromatic carbocycles. The lowest BCUT2D eigenvalue weighted by molar-refractivity contribution is -0.137. The Morgan fingerprint density at radius 2 is 1.35 bits per heavy atom. The quantitative estimate of drug-likeness (QED) is 0.145. The molecule has 0 bridgehead atoms. The van der Waals surface area contributed by atoms with Crippen LogP contribution >= 0.6 is 0 Å². The lowest BCUT2D eigenvalue weighted by atomic mass is 9.64. The number of carbonyl (C=O) groups excluding carboxylic acids is 2. The molecule has 1 aliphatic carbocycles. The number of rotatable bonds is 10. The Labute approximate surface area is 222 Å². The number of benzene rings is 1. The highest BCUT2D eigenvalue weighted by atomic mass is 16.3.